The van der Waals surface area contributed by atoms with Crippen LogP contribution in [0.1, 0.15) is 10.4 Å². The highest BCUT2D eigenvalue weighted by Crippen LogP contribution is 2.20. The zero-order chi connectivity index (χ0) is 20.9. The summed E-state index contributed by atoms with van der Waals surface area (Å²) in [6, 6.07) is 19.2. The number of rotatable bonds is 7. The lowest BCUT2D eigenvalue weighted by atomic mass is 10.2. The summed E-state index contributed by atoms with van der Waals surface area (Å²) in [5.74, 6) is 0.951. The Kier molecular flexibility index (Phi) is 6.04. The SMILES string of the molecule is COc1ccc(NC(=O)c2ccc(NS(=O)(=O)c3ccc(OC)cc3)cc2)cc1. The van der Waals surface area contributed by atoms with Crippen LogP contribution in [0.4, 0.5) is 11.4 Å². The summed E-state index contributed by atoms with van der Waals surface area (Å²) >= 11 is 0. The molecule has 7 nitrogen and oxygen atoms in total. The van der Waals surface area contributed by atoms with E-state index in [0.29, 0.717) is 28.4 Å². The lowest BCUT2D eigenvalue weighted by molar-refractivity contribution is 0.102. The smallest absolute Gasteiger partial charge is 0.261 e. The quantitative estimate of drug-likeness (QED) is 0.616. The van der Waals surface area contributed by atoms with Gasteiger partial charge < -0.3 is 14.8 Å². The molecule has 3 aromatic rings. The Bertz CT molecular complexity index is 1080. The van der Waals surface area contributed by atoms with Crippen LogP contribution in [0.15, 0.2) is 77.7 Å². The summed E-state index contributed by atoms with van der Waals surface area (Å²) in [7, 11) is -0.669. The van der Waals surface area contributed by atoms with Gasteiger partial charge in [0.05, 0.1) is 19.1 Å². The molecule has 0 radical (unpaired) electrons. The molecule has 29 heavy (non-hydrogen) atoms. The van der Waals surface area contributed by atoms with Gasteiger partial charge in [0.25, 0.3) is 15.9 Å². The van der Waals surface area contributed by atoms with E-state index in [4.69, 9.17) is 9.47 Å². The van der Waals surface area contributed by atoms with Crippen LogP contribution in [0, 0.1) is 0 Å². The van der Waals surface area contributed by atoms with E-state index >= 15 is 0 Å². The van der Waals surface area contributed by atoms with Crippen molar-refractivity contribution in [2.24, 2.45) is 0 Å². The Morgan fingerprint density at radius 2 is 1.21 bits per heavy atom. The molecule has 0 fully saturated rings. The molecule has 0 aromatic heterocycles. The number of methoxy groups -OCH3 is 2. The van der Waals surface area contributed by atoms with Gasteiger partial charge in [-0.15, -0.1) is 0 Å². The maximum Gasteiger partial charge on any atom is 0.261 e. The van der Waals surface area contributed by atoms with Gasteiger partial charge in [0, 0.05) is 16.9 Å². The maximum atomic E-state index is 12.5. The molecule has 0 spiro atoms. The van der Waals surface area contributed by atoms with Gasteiger partial charge in [-0.05, 0) is 72.8 Å². The lowest BCUT2D eigenvalue weighted by Gasteiger charge is -2.10. The van der Waals surface area contributed by atoms with Crippen LogP contribution < -0.4 is 19.5 Å². The molecule has 0 heterocycles. The van der Waals surface area contributed by atoms with Gasteiger partial charge >= 0.3 is 0 Å². The van der Waals surface area contributed by atoms with Crippen molar-refractivity contribution >= 4 is 27.3 Å². The zero-order valence-corrected chi connectivity index (χ0v) is 16.7. The van der Waals surface area contributed by atoms with Crippen molar-refractivity contribution in [1.82, 2.24) is 0 Å². The number of benzene rings is 3. The minimum absolute atomic E-state index is 0.111. The number of carbonyl (C=O) groups excluding carboxylic acids is 1. The number of sulfonamides is 1. The number of amides is 1. The first-order valence-corrected chi connectivity index (χ1v) is 10.1. The molecule has 150 valence electrons. The fraction of sp³-hybridized carbons (Fsp3) is 0.0952. The summed E-state index contributed by atoms with van der Waals surface area (Å²) < 4.78 is 37.5. The number of nitrogens with one attached hydrogen (secondary N) is 2. The molecule has 3 rings (SSSR count). The molecule has 2 N–H and O–H groups in total. The topological polar surface area (TPSA) is 93.7 Å². The summed E-state index contributed by atoms with van der Waals surface area (Å²) in [6.07, 6.45) is 0. The standard InChI is InChI=1S/C21H20N2O5S/c1-27-18-9-7-16(8-10-18)22-21(24)15-3-5-17(6-4-15)23-29(25,26)20-13-11-19(28-2)12-14-20/h3-14,23H,1-2H3,(H,22,24). The molecule has 0 atom stereocenters. The molecule has 0 saturated heterocycles. The Morgan fingerprint density at radius 1 is 0.724 bits per heavy atom. The molecule has 0 unspecified atom stereocenters. The molecule has 0 bridgehead atoms. The van der Waals surface area contributed by atoms with Gasteiger partial charge in [0.2, 0.25) is 0 Å². The highest BCUT2D eigenvalue weighted by Gasteiger charge is 2.15. The fourth-order valence-corrected chi connectivity index (χ4v) is 3.59. The van der Waals surface area contributed by atoms with Crippen molar-refractivity contribution in [1.29, 1.82) is 0 Å². The van der Waals surface area contributed by atoms with Crippen LogP contribution in [0.25, 0.3) is 0 Å². The van der Waals surface area contributed by atoms with E-state index in [1.54, 1.807) is 55.6 Å². The largest absolute Gasteiger partial charge is 0.497 e. The van der Waals surface area contributed by atoms with Crippen molar-refractivity contribution in [2.75, 3.05) is 24.3 Å². The van der Waals surface area contributed by atoms with E-state index < -0.39 is 10.0 Å². The van der Waals surface area contributed by atoms with Crippen molar-refractivity contribution in [3.63, 3.8) is 0 Å². The van der Waals surface area contributed by atoms with Gasteiger partial charge in [-0.25, -0.2) is 8.42 Å². The lowest BCUT2D eigenvalue weighted by Crippen LogP contribution is -2.14. The van der Waals surface area contributed by atoms with E-state index in [2.05, 4.69) is 10.0 Å². The summed E-state index contributed by atoms with van der Waals surface area (Å²) in [5.41, 5.74) is 1.37. The minimum atomic E-state index is -3.74. The van der Waals surface area contributed by atoms with Crippen LogP contribution in [0.3, 0.4) is 0 Å². The Hall–Kier alpha value is -3.52. The third-order valence-electron chi connectivity index (χ3n) is 4.12. The Balaban J connectivity index is 1.67. The number of ether oxygens (including phenoxy) is 2. The molecule has 0 saturated carbocycles. The molecule has 0 aliphatic carbocycles. The molecular weight excluding hydrogens is 392 g/mol. The van der Waals surface area contributed by atoms with Gasteiger partial charge in [-0.1, -0.05) is 0 Å². The second-order valence-electron chi connectivity index (χ2n) is 6.04. The van der Waals surface area contributed by atoms with Crippen molar-refractivity contribution in [3.05, 3.63) is 78.4 Å². The summed E-state index contributed by atoms with van der Waals surface area (Å²) in [5, 5.41) is 2.77. The first kappa shape index (κ1) is 20.2. The van der Waals surface area contributed by atoms with E-state index in [1.807, 2.05) is 0 Å². The van der Waals surface area contributed by atoms with Crippen LogP contribution in [0.5, 0.6) is 11.5 Å². The average Bonchev–Trinajstić information content (AvgIpc) is 2.74. The van der Waals surface area contributed by atoms with Crippen LogP contribution in [0.2, 0.25) is 0 Å². The van der Waals surface area contributed by atoms with Crippen LogP contribution in [-0.4, -0.2) is 28.5 Å². The predicted octanol–water partition coefficient (Wildman–Crippen LogP) is 3.76. The van der Waals surface area contributed by atoms with Gasteiger partial charge in [-0.2, -0.15) is 0 Å². The average molecular weight is 412 g/mol. The number of anilines is 2. The van der Waals surface area contributed by atoms with Gasteiger partial charge in [0.1, 0.15) is 11.5 Å². The minimum Gasteiger partial charge on any atom is -0.497 e. The van der Waals surface area contributed by atoms with E-state index in [0.717, 1.165) is 0 Å². The van der Waals surface area contributed by atoms with E-state index in [9.17, 15) is 13.2 Å². The predicted molar refractivity (Wildman–Crippen MR) is 111 cm³/mol. The van der Waals surface area contributed by atoms with Crippen LogP contribution in [-0.2, 0) is 10.0 Å². The number of carbonyl (C=O) groups is 1. The van der Waals surface area contributed by atoms with Crippen molar-refractivity contribution in [2.45, 2.75) is 4.90 Å². The molecule has 8 heteroatoms. The maximum absolute atomic E-state index is 12.5. The van der Waals surface area contributed by atoms with Gasteiger partial charge in [0.15, 0.2) is 0 Å². The Labute approximate surface area is 169 Å². The third kappa shape index (κ3) is 5.05. The molecule has 1 amide bonds. The second kappa shape index (κ2) is 8.66. The van der Waals surface area contributed by atoms with Gasteiger partial charge in [-0.3, -0.25) is 9.52 Å². The summed E-state index contributed by atoms with van der Waals surface area (Å²) in [6.45, 7) is 0. The van der Waals surface area contributed by atoms with Crippen LogP contribution >= 0.6 is 0 Å². The summed E-state index contributed by atoms with van der Waals surface area (Å²) in [4.78, 5) is 12.5. The van der Waals surface area contributed by atoms with E-state index in [1.165, 1.54) is 31.4 Å². The fourth-order valence-electron chi connectivity index (χ4n) is 2.54. The molecule has 0 aliphatic rings. The highest BCUT2D eigenvalue weighted by atomic mass is 32.2. The molecule has 0 aliphatic heterocycles. The van der Waals surface area contributed by atoms with Crippen molar-refractivity contribution < 1.29 is 22.7 Å². The molecular formula is C21H20N2O5S. The number of hydrogen-bond acceptors (Lipinski definition) is 5. The first-order chi connectivity index (χ1) is 13.9. The second-order valence-corrected chi connectivity index (χ2v) is 7.72. The normalized spacial score (nSPS) is 10.8. The number of hydrogen-bond donors (Lipinski definition) is 2. The first-order valence-electron chi connectivity index (χ1n) is 8.63. The zero-order valence-electron chi connectivity index (χ0n) is 15.9. The van der Waals surface area contributed by atoms with E-state index in [-0.39, 0.29) is 10.8 Å². The third-order valence-corrected chi connectivity index (χ3v) is 5.51. The highest BCUT2D eigenvalue weighted by molar-refractivity contribution is 7.92. The monoisotopic (exact) mass is 412 g/mol. The Morgan fingerprint density at radius 3 is 1.72 bits per heavy atom. The molecule has 3 aromatic carbocycles. The van der Waals surface area contributed by atoms with Crippen molar-refractivity contribution in [3.8, 4) is 11.5 Å².